The first-order chi connectivity index (χ1) is 13.3. The van der Waals surface area contributed by atoms with E-state index >= 15 is 0 Å². The number of thiophene rings is 1. The van der Waals surface area contributed by atoms with Gasteiger partial charge in [0.25, 0.3) is 0 Å². The topological polar surface area (TPSA) is 80.3 Å². The summed E-state index contributed by atoms with van der Waals surface area (Å²) in [6.07, 6.45) is 3.10. The molecule has 0 unspecified atom stereocenters. The Kier molecular flexibility index (Phi) is 5.14. The van der Waals surface area contributed by atoms with Crippen LogP contribution in [0.25, 0.3) is 0 Å². The average molecular weight is 418 g/mol. The molecule has 4 rings (SSSR count). The van der Waals surface area contributed by atoms with E-state index in [0.29, 0.717) is 28.5 Å². The van der Waals surface area contributed by atoms with Crippen molar-refractivity contribution >= 4 is 37.9 Å². The van der Waals surface area contributed by atoms with Crippen LogP contribution in [-0.4, -0.2) is 31.6 Å². The van der Waals surface area contributed by atoms with Crippen molar-refractivity contribution in [2.24, 2.45) is 11.8 Å². The number of amides is 1. The molecule has 1 saturated heterocycles. The van der Waals surface area contributed by atoms with Gasteiger partial charge in [0.1, 0.15) is 5.00 Å². The molecule has 1 aliphatic carbocycles. The number of carbonyl (C=O) groups excluding carboxylic acids is 2. The van der Waals surface area contributed by atoms with Crippen LogP contribution in [0.2, 0.25) is 0 Å². The second-order valence-electron chi connectivity index (χ2n) is 7.84. The summed E-state index contributed by atoms with van der Waals surface area (Å²) in [5, 5.41) is 3.48. The van der Waals surface area contributed by atoms with E-state index in [2.05, 4.69) is 12.2 Å². The van der Waals surface area contributed by atoms with Crippen molar-refractivity contribution in [3.05, 3.63) is 51.9 Å². The van der Waals surface area contributed by atoms with Crippen molar-refractivity contribution in [3.63, 3.8) is 0 Å². The molecule has 5 nitrogen and oxygen atoms in total. The Morgan fingerprint density at radius 2 is 1.89 bits per heavy atom. The van der Waals surface area contributed by atoms with Gasteiger partial charge in [-0.2, -0.15) is 0 Å². The largest absolute Gasteiger partial charge is 0.317 e. The van der Waals surface area contributed by atoms with E-state index in [-0.39, 0.29) is 23.2 Å². The van der Waals surface area contributed by atoms with Crippen LogP contribution >= 0.6 is 11.3 Å². The van der Waals surface area contributed by atoms with Crippen LogP contribution in [0.5, 0.6) is 0 Å². The SMILES string of the molecule is C[C@H]1CCc2c(sc(NC(=O)[C@@H]3CCS(=O)(=O)C3)c2C(=O)c2ccccc2)C1. The summed E-state index contributed by atoms with van der Waals surface area (Å²) in [6, 6.07) is 9.09. The summed E-state index contributed by atoms with van der Waals surface area (Å²) in [7, 11) is -3.14. The van der Waals surface area contributed by atoms with E-state index in [4.69, 9.17) is 0 Å². The summed E-state index contributed by atoms with van der Waals surface area (Å²) >= 11 is 1.47. The van der Waals surface area contributed by atoms with Gasteiger partial charge in [0, 0.05) is 10.4 Å². The highest BCUT2D eigenvalue weighted by Gasteiger charge is 2.35. The van der Waals surface area contributed by atoms with Crippen LogP contribution in [0.15, 0.2) is 30.3 Å². The standard InChI is InChI=1S/C21H23NO4S2/c1-13-7-8-16-17(11-13)27-21(18(16)19(23)14-5-3-2-4-6-14)22-20(24)15-9-10-28(25,26)12-15/h2-6,13,15H,7-12H2,1H3,(H,22,24)/t13-,15+/m0/s1. The average Bonchev–Trinajstić information content (AvgIpc) is 3.20. The van der Waals surface area contributed by atoms with E-state index in [9.17, 15) is 18.0 Å². The predicted molar refractivity (Wildman–Crippen MR) is 111 cm³/mol. The molecule has 0 saturated carbocycles. The summed E-state index contributed by atoms with van der Waals surface area (Å²) in [4.78, 5) is 27.1. The zero-order chi connectivity index (χ0) is 19.9. The fraction of sp³-hybridized carbons (Fsp3) is 0.429. The van der Waals surface area contributed by atoms with E-state index in [1.807, 2.05) is 18.2 Å². The fourth-order valence-electron chi connectivity index (χ4n) is 4.03. The Balaban J connectivity index is 1.68. The predicted octanol–water partition coefficient (Wildman–Crippen LogP) is 3.48. The number of anilines is 1. The molecule has 0 bridgehead atoms. The number of hydrogen-bond acceptors (Lipinski definition) is 5. The lowest BCUT2D eigenvalue weighted by atomic mass is 9.86. The lowest BCUT2D eigenvalue weighted by Gasteiger charge is -2.18. The molecular formula is C21H23NO4S2. The van der Waals surface area contributed by atoms with Crippen molar-refractivity contribution in [2.45, 2.75) is 32.6 Å². The van der Waals surface area contributed by atoms with Crippen LogP contribution in [0.4, 0.5) is 5.00 Å². The molecule has 0 radical (unpaired) electrons. The van der Waals surface area contributed by atoms with Gasteiger partial charge in [0.2, 0.25) is 5.91 Å². The molecule has 0 spiro atoms. The lowest BCUT2D eigenvalue weighted by molar-refractivity contribution is -0.119. The second-order valence-corrected chi connectivity index (χ2v) is 11.2. The number of ketones is 1. The van der Waals surface area contributed by atoms with Gasteiger partial charge in [-0.3, -0.25) is 9.59 Å². The van der Waals surface area contributed by atoms with Gasteiger partial charge in [-0.1, -0.05) is 37.3 Å². The minimum Gasteiger partial charge on any atom is -0.317 e. The number of nitrogens with one attached hydrogen (secondary N) is 1. The zero-order valence-corrected chi connectivity index (χ0v) is 17.4. The summed E-state index contributed by atoms with van der Waals surface area (Å²) in [5.41, 5.74) is 2.24. The molecule has 2 atom stereocenters. The molecule has 28 heavy (non-hydrogen) atoms. The molecule has 2 aliphatic rings. The summed E-state index contributed by atoms with van der Waals surface area (Å²) in [5.74, 6) is -0.420. The van der Waals surface area contributed by atoms with E-state index < -0.39 is 15.8 Å². The molecule has 1 aromatic carbocycles. The molecule has 148 valence electrons. The van der Waals surface area contributed by atoms with E-state index in [1.54, 1.807) is 12.1 Å². The first kappa shape index (κ1) is 19.3. The number of carbonyl (C=O) groups is 2. The number of fused-ring (bicyclic) bond motifs is 1. The van der Waals surface area contributed by atoms with Crippen LogP contribution in [-0.2, 0) is 27.5 Å². The van der Waals surface area contributed by atoms with Crippen molar-refractivity contribution in [3.8, 4) is 0 Å². The molecule has 1 fully saturated rings. The number of sulfone groups is 1. The third kappa shape index (κ3) is 3.78. The first-order valence-corrected chi connectivity index (χ1v) is 12.2. The third-order valence-corrected chi connectivity index (χ3v) is 8.55. The molecule has 7 heteroatoms. The van der Waals surface area contributed by atoms with Gasteiger partial charge < -0.3 is 5.32 Å². The van der Waals surface area contributed by atoms with Gasteiger partial charge in [0.05, 0.1) is 23.0 Å². The van der Waals surface area contributed by atoms with Crippen molar-refractivity contribution in [2.75, 3.05) is 16.8 Å². The normalized spacial score (nSPS) is 23.2. The van der Waals surface area contributed by atoms with Crippen LogP contribution in [0.1, 0.15) is 46.1 Å². The molecule has 1 N–H and O–H groups in total. The van der Waals surface area contributed by atoms with Crippen molar-refractivity contribution < 1.29 is 18.0 Å². The monoisotopic (exact) mass is 417 g/mol. The number of benzene rings is 1. The quantitative estimate of drug-likeness (QED) is 0.773. The van der Waals surface area contributed by atoms with Gasteiger partial charge in [-0.05, 0) is 37.2 Å². The van der Waals surface area contributed by atoms with Crippen LogP contribution in [0.3, 0.4) is 0 Å². The van der Waals surface area contributed by atoms with Gasteiger partial charge in [-0.25, -0.2) is 8.42 Å². The Hall–Kier alpha value is -1.99. The minimum atomic E-state index is -3.14. The Morgan fingerprint density at radius 1 is 1.14 bits per heavy atom. The molecular weight excluding hydrogens is 394 g/mol. The van der Waals surface area contributed by atoms with Gasteiger partial charge >= 0.3 is 0 Å². The highest BCUT2D eigenvalue weighted by atomic mass is 32.2. The molecule has 2 aromatic rings. The Bertz CT molecular complexity index is 1020. The highest BCUT2D eigenvalue weighted by Crippen LogP contribution is 2.41. The first-order valence-electron chi connectivity index (χ1n) is 9.59. The van der Waals surface area contributed by atoms with Gasteiger partial charge in [-0.15, -0.1) is 11.3 Å². The maximum Gasteiger partial charge on any atom is 0.229 e. The Morgan fingerprint density at radius 3 is 2.57 bits per heavy atom. The van der Waals surface area contributed by atoms with Crippen molar-refractivity contribution in [1.29, 1.82) is 0 Å². The molecule has 1 aromatic heterocycles. The smallest absolute Gasteiger partial charge is 0.229 e. The van der Waals surface area contributed by atoms with Crippen LogP contribution in [0, 0.1) is 11.8 Å². The summed E-state index contributed by atoms with van der Waals surface area (Å²) < 4.78 is 23.4. The van der Waals surface area contributed by atoms with Crippen molar-refractivity contribution in [1.82, 2.24) is 0 Å². The van der Waals surface area contributed by atoms with E-state index in [1.165, 1.54) is 11.3 Å². The number of rotatable bonds is 4. The van der Waals surface area contributed by atoms with E-state index in [0.717, 1.165) is 29.7 Å². The maximum atomic E-state index is 13.2. The second kappa shape index (κ2) is 7.44. The molecule has 1 amide bonds. The molecule has 2 heterocycles. The third-order valence-electron chi connectivity index (χ3n) is 5.61. The van der Waals surface area contributed by atoms with Gasteiger partial charge in [0.15, 0.2) is 15.6 Å². The maximum absolute atomic E-state index is 13.2. The Labute approximate surface area is 169 Å². The fourth-order valence-corrected chi connectivity index (χ4v) is 7.18. The lowest BCUT2D eigenvalue weighted by Crippen LogP contribution is -2.24. The highest BCUT2D eigenvalue weighted by molar-refractivity contribution is 7.91. The summed E-state index contributed by atoms with van der Waals surface area (Å²) in [6.45, 7) is 2.20. The minimum absolute atomic E-state index is 0.0549. The molecule has 1 aliphatic heterocycles. The number of hydrogen-bond donors (Lipinski definition) is 1. The zero-order valence-electron chi connectivity index (χ0n) is 15.7. The van der Waals surface area contributed by atoms with Crippen LogP contribution < -0.4 is 5.32 Å².